The number of aliphatic carboxylic acids is 1. The van der Waals surface area contributed by atoms with Crippen molar-refractivity contribution in [2.24, 2.45) is 58.3 Å². The van der Waals surface area contributed by atoms with Gasteiger partial charge in [-0.2, -0.15) is 0 Å². The highest BCUT2D eigenvalue weighted by atomic mass is 16.4. The molecule has 103 heavy (non-hydrogen) atoms. The standard InChI is InChI=1S/C72H129N17O14/c1-41(2)35-55(68(98)80-46(11)60(90)78-47(12)61(91)81-51(27-17-21-31-73)64(94)83-53(29-19-23-33-75)66(96)87-58(38-44(7)8)71(101)89-59(72(102)103)39-45(9)10)85-67(97)54(30-20-24-34-76)84-69(99)56(36-42(3)4)88-70(100)57(37-43(5)6)86-65(95)52(28-18-22-32-74)82-62(92)48(13)79-63(93)50(77)40-49-25-15-14-16-26-49/h14-16,25-26,41-48,50-59H,17-24,27-40,73-77H2,1-13H3,(H,78,90)(H,79,93)(H,80,98)(H,81,91)(H,82,92)(H,83,94)(H,84,99)(H,85,97)(H,86,95)(H,87,96)(H,88,100)(H,89,101)(H,102,103)/t46-,47-,48-,50-,51-,52-,53-,54-,55-,56-,57-,58-,59-/m0/s1. The topological polar surface area (TPSA) is 517 Å². The first-order valence-corrected chi connectivity index (χ1v) is 37.0. The van der Waals surface area contributed by atoms with Crippen molar-refractivity contribution in [2.75, 3.05) is 26.2 Å². The van der Waals surface area contributed by atoms with Gasteiger partial charge in [-0.05, 0) is 198 Å². The van der Waals surface area contributed by atoms with Crippen molar-refractivity contribution >= 4 is 76.9 Å². The number of carboxylic acids is 1. The molecule has 586 valence electrons. The van der Waals surface area contributed by atoms with E-state index in [0.717, 1.165) is 5.56 Å². The minimum atomic E-state index is -1.30. The molecule has 31 nitrogen and oxygen atoms in total. The summed E-state index contributed by atoms with van der Waals surface area (Å²) in [4.78, 5) is 180. The van der Waals surface area contributed by atoms with Gasteiger partial charge in [-0.3, -0.25) is 57.5 Å². The Kier molecular flexibility index (Phi) is 45.7. The fourth-order valence-corrected chi connectivity index (χ4v) is 11.2. The number of benzene rings is 1. The third kappa shape index (κ3) is 38.5. The molecule has 23 N–H and O–H groups in total. The van der Waals surface area contributed by atoms with Gasteiger partial charge in [0, 0.05) is 0 Å². The largest absolute Gasteiger partial charge is 0.480 e. The molecule has 1 aromatic rings. The minimum absolute atomic E-state index is 0.0633. The highest BCUT2D eigenvalue weighted by molar-refractivity contribution is 5.99. The predicted octanol–water partition coefficient (Wildman–Crippen LogP) is 0.265. The van der Waals surface area contributed by atoms with E-state index in [-0.39, 0.29) is 113 Å². The maximum absolute atomic E-state index is 14.5. The minimum Gasteiger partial charge on any atom is -0.480 e. The van der Waals surface area contributed by atoms with Crippen molar-refractivity contribution in [1.82, 2.24) is 63.8 Å². The molecule has 1 aromatic carbocycles. The van der Waals surface area contributed by atoms with Crippen LogP contribution in [-0.2, 0) is 68.7 Å². The summed E-state index contributed by atoms with van der Waals surface area (Å²) in [7, 11) is 0. The third-order valence-electron chi connectivity index (χ3n) is 16.9. The lowest BCUT2D eigenvalue weighted by Gasteiger charge is -2.29. The Morgan fingerprint density at radius 2 is 0.505 bits per heavy atom. The first kappa shape index (κ1) is 93.1. The highest BCUT2D eigenvalue weighted by Crippen LogP contribution is 2.16. The number of hydrogen-bond donors (Lipinski definition) is 18. The molecule has 13 atom stereocenters. The average Bonchev–Trinajstić information content (AvgIpc) is 0.865. The number of amides is 12. The van der Waals surface area contributed by atoms with E-state index in [4.69, 9.17) is 28.7 Å². The molecule has 0 heterocycles. The Labute approximate surface area is 610 Å². The Morgan fingerprint density at radius 1 is 0.291 bits per heavy atom. The lowest BCUT2D eigenvalue weighted by molar-refractivity contribution is -0.143. The van der Waals surface area contributed by atoms with Crippen molar-refractivity contribution in [1.29, 1.82) is 0 Å². The van der Waals surface area contributed by atoms with E-state index in [0.29, 0.717) is 57.9 Å². The van der Waals surface area contributed by atoms with Gasteiger partial charge in [0.25, 0.3) is 0 Å². The molecule has 0 unspecified atom stereocenters. The first-order chi connectivity index (χ1) is 48.5. The van der Waals surface area contributed by atoms with Crippen molar-refractivity contribution in [3.05, 3.63) is 35.9 Å². The van der Waals surface area contributed by atoms with Gasteiger partial charge in [0.15, 0.2) is 0 Å². The van der Waals surface area contributed by atoms with Crippen LogP contribution in [0.2, 0.25) is 0 Å². The maximum Gasteiger partial charge on any atom is 0.326 e. The number of nitrogens with two attached hydrogens (primary N) is 5. The summed E-state index contributed by atoms with van der Waals surface area (Å²) in [5, 5.41) is 42.1. The van der Waals surface area contributed by atoms with E-state index in [1.54, 1.807) is 0 Å². The number of carboxylic acid groups (broad SMARTS) is 1. The molecule has 0 aromatic heterocycles. The second-order valence-corrected chi connectivity index (χ2v) is 29.2. The van der Waals surface area contributed by atoms with E-state index in [1.165, 1.54) is 20.8 Å². The fraction of sp³-hybridized carbons (Fsp3) is 0.736. The number of carbonyl (C=O) groups is 13. The fourth-order valence-electron chi connectivity index (χ4n) is 11.2. The van der Waals surface area contributed by atoms with Gasteiger partial charge >= 0.3 is 5.97 Å². The van der Waals surface area contributed by atoms with Gasteiger partial charge in [0.2, 0.25) is 70.9 Å². The van der Waals surface area contributed by atoms with Crippen molar-refractivity contribution in [3.63, 3.8) is 0 Å². The molecule has 0 radical (unpaired) electrons. The van der Waals surface area contributed by atoms with Crippen LogP contribution in [0.1, 0.15) is 205 Å². The van der Waals surface area contributed by atoms with Gasteiger partial charge in [-0.1, -0.05) is 99.6 Å². The lowest BCUT2D eigenvalue weighted by Crippen LogP contribution is -2.60. The van der Waals surface area contributed by atoms with Crippen LogP contribution >= 0.6 is 0 Å². The Balaban J connectivity index is 3.40. The molecule has 0 aliphatic heterocycles. The third-order valence-corrected chi connectivity index (χ3v) is 16.9. The summed E-state index contributed by atoms with van der Waals surface area (Å²) in [6.45, 7) is 23.5. The molecular weight excluding hydrogens is 1330 g/mol. The zero-order valence-corrected chi connectivity index (χ0v) is 63.5. The molecule has 1 rings (SSSR count). The maximum atomic E-state index is 14.5. The van der Waals surface area contributed by atoms with Gasteiger partial charge in [-0.25, -0.2) is 4.79 Å². The molecule has 12 amide bonds. The van der Waals surface area contributed by atoms with E-state index in [9.17, 15) is 67.4 Å². The SMILES string of the molecule is CC(C)C[C@H](NC(=O)[C@H](CC(C)C)NC(=O)[C@H](CCCCN)NC(=O)[C@H](CCCCN)NC(=O)[C@H](C)NC(=O)[C@H](C)NC(=O)[C@H](CC(C)C)NC(=O)[C@H](CCCCN)NC(=O)[C@H](CC(C)C)NC(=O)[C@H](CC(C)C)NC(=O)[C@H](CCCCN)NC(=O)[C@H](C)NC(=O)[C@@H](N)Cc1ccccc1)C(=O)O. The number of nitrogens with one attached hydrogen (secondary N) is 12. The van der Waals surface area contributed by atoms with E-state index in [2.05, 4.69) is 63.8 Å². The molecule has 31 heteroatoms. The van der Waals surface area contributed by atoms with Crippen LogP contribution in [0, 0.1) is 29.6 Å². The van der Waals surface area contributed by atoms with E-state index < -0.39 is 155 Å². The molecule has 0 saturated carbocycles. The first-order valence-electron chi connectivity index (χ1n) is 37.0. The zero-order chi connectivity index (χ0) is 78.1. The van der Waals surface area contributed by atoms with Gasteiger partial charge in [0.05, 0.1) is 6.04 Å². The summed E-state index contributed by atoms with van der Waals surface area (Å²) in [5.41, 5.74) is 30.2. The van der Waals surface area contributed by atoms with Gasteiger partial charge in [-0.15, -0.1) is 0 Å². The van der Waals surface area contributed by atoms with E-state index >= 15 is 0 Å². The van der Waals surface area contributed by atoms with E-state index in [1.807, 2.05) is 99.6 Å². The van der Waals surface area contributed by atoms with Crippen LogP contribution in [0.4, 0.5) is 0 Å². The second kappa shape index (κ2) is 50.5. The number of rotatable bonds is 53. The van der Waals surface area contributed by atoms with Crippen molar-refractivity contribution in [3.8, 4) is 0 Å². The summed E-state index contributed by atoms with van der Waals surface area (Å²) in [5.74, 6) is -10.6. The van der Waals surface area contributed by atoms with Gasteiger partial charge < -0.3 is 97.6 Å². The highest BCUT2D eigenvalue weighted by Gasteiger charge is 2.37. The molecular formula is C72H129N17O14. The van der Waals surface area contributed by atoms with Crippen LogP contribution in [0.15, 0.2) is 30.3 Å². The number of unbranched alkanes of at least 4 members (excludes halogenated alkanes) is 4. The normalized spacial score (nSPS) is 15.3. The average molecular weight is 1460 g/mol. The summed E-state index contributed by atoms with van der Waals surface area (Å²) >= 11 is 0. The summed E-state index contributed by atoms with van der Waals surface area (Å²) < 4.78 is 0. The van der Waals surface area contributed by atoms with Crippen LogP contribution in [-0.4, -0.2) is 187 Å². The molecule has 0 fully saturated rings. The summed E-state index contributed by atoms with van der Waals surface area (Å²) in [6, 6.07) is -6.50. The molecule has 0 bridgehead atoms. The molecule has 0 aliphatic carbocycles. The van der Waals surface area contributed by atoms with Crippen molar-refractivity contribution < 1.29 is 67.4 Å². The Morgan fingerprint density at radius 3 is 0.777 bits per heavy atom. The Hall–Kier alpha value is -7.87. The molecule has 0 saturated heterocycles. The van der Waals surface area contributed by atoms with Gasteiger partial charge in [0.1, 0.15) is 72.5 Å². The molecule has 0 spiro atoms. The molecule has 0 aliphatic rings. The van der Waals surface area contributed by atoms with Crippen LogP contribution in [0.25, 0.3) is 0 Å². The lowest BCUT2D eigenvalue weighted by atomic mass is 9.98. The smallest absolute Gasteiger partial charge is 0.326 e. The second-order valence-electron chi connectivity index (χ2n) is 29.2. The zero-order valence-electron chi connectivity index (χ0n) is 63.5. The monoisotopic (exact) mass is 1460 g/mol. The van der Waals surface area contributed by atoms with Crippen LogP contribution in [0.5, 0.6) is 0 Å². The number of carbonyl (C=O) groups excluding carboxylic acids is 12. The van der Waals surface area contributed by atoms with Crippen LogP contribution in [0.3, 0.4) is 0 Å². The van der Waals surface area contributed by atoms with Crippen LogP contribution < -0.4 is 92.5 Å². The number of hydrogen-bond acceptors (Lipinski definition) is 18. The Bertz CT molecular complexity index is 2810. The quantitative estimate of drug-likeness (QED) is 0.0389. The predicted molar refractivity (Wildman–Crippen MR) is 395 cm³/mol. The van der Waals surface area contributed by atoms with Crippen molar-refractivity contribution in [2.45, 2.75) is 284 Å². The summed E-state index contributed by atoms with van der Waals surface area (Å²) in [6.07, 6.45) is 4.66.